The zero-order valence-electron chi connectivity index (χ0n) is 17.6. The molecule has 0 atom stereocenters. The second kappa shape index (κ2) is 9.23. The fourth-order valence-electron chi connectivity index (χ4n) is 3.57. The highest BCUT2D eigenvalue weighted by Crippen LogP contribution is 2.32. The fraction of sp³-hybridized carbons (Fsp3) is 0.273. The minimum absolute atomic E-state index is 0.00712. The molecule has 4 rings (SSSR count). The molecule has 0 unspecified atom stereocenters. The van der Waals surface area contributed by atoms with Crippen LogP contribution in [0.5, 0.6) is 0 Å². The van der Waals surface area contributed by atoms with Crippen molar-refractivity contribution in [2.24, 2.45) is 0 Å². The molecule has 2 aromatic carbocycles. The Hall–Kier alpha value is -2.39. The highest BCUT2D eigenvalue weighted by Gasteiger charge is 2.16. The number of nitrogens with one attached hydrogen (secondary N) is 1. The minimum Gasteiger partial charge on any atom is -0.358 e. The third-order valence-corrected chi connectivity index (χ3v) is 7.06. The summed E-state index contributed by atoms with van der Waals surface area (Å²) in [5, 5.41) is 10.4. The summed E-state index contributed by atoms with van der Waals surface area (Å²) in [6, 6.07) is 10.1. The quantitative estimate of drug-likeness (QED) is 0.354. The van der Waals surface area contributed by atoms with Gasteiger partial charge in [-0.1, -0.05) is 46.1 Å². The van der Waals surface area contributed by atoms with Crippen LogP contribution < -0.4 is 0 Å². The number of nitrogens with zero attached hydrogens (tertiary/aromatic N) is 3. The molecule has 0 aliphatic rings. The van der Waals surface area contributed by atoms with E-state index in [-0.39, 0.29) is 11.5 Å². The second-order valence-corrected chi connectivity index (χ2v) is 10.1. The Morgan fingerprint density at radius 2 is 1.84 bits per heavy atom. The lowest BCUT2D eigenvalue weighted by molar-refractivity contribution is 0.321. The maximum Gasteiger partial charge on any atom is 0.296 e. The summed E-state index contributed by atoms with van der Waals surface area (Å²) in [5.74, 6) is 0. The molecule has 0 bridgehead atoms. The van der Waals surface area contributed by atoms with Crippen molar-refractivity contribution in [1.29, 1.82) is 0 Å². The normalized spacial score (nSPS) is 12.0. The van der Waals surface area contributed by atoms with Gasteiger partial charge in [0.15, 0.2) is 0 Å². The van der Waals surface area contributed by atoms with Crippen LogP contribution in [-0.2, 0) is 33.7 Å². The molecule has 4 aromatic rings. The van der Waals surface area contributed by atoms with E-state index in [4.69, 9.17) is 27.4 Å². The molecule has 0 spiro atoms. The van der Waals surface area contributed by atoms with Crippen molar-refractivity contribution < 1.29 is 12.6 Å². The number of hydrogen-bond acceptors (Lipinski definition) is 5. The summed E-state index contributed by atoms with van der Waals surface area (Å²) in [6.07, 6.45) is 2.83. The molecule has 32 heavy (non-hydrogen) atoms. The number of aryl methyl sites for hydroxylation is 4. The Morgan fingerprint density at radius 3 is 2.59 bits per heavy atom. The van der Waals surface area contributed by atoms with Crippen molar-refractivity contribution in [3.63, 3.8) is 0 Å². The average Bonchev–Trinajstić information content (AvgIpc) is 3.30. The maximum atomic E-state index is 12.3. The first-order valence-corrected chi connectivity index (χ1v) is 12.2. The van der Waals surface area contributed by atoms with E-state index in [1.54, 1.807) is 29.1 Å². The van der Waals surface area contributed by atoms with Gasteiger partial charge in [-0.3, -0.25) is 8.86 Å². The molecule has 2 heterocycles. The number of fused-ring (bicyclic) bond motifs is 1. The van der Waals surface area contributed by atoms with Crippen molar-refractivity contribution in [2.45, 2.75) is 38.1 Å². The molecule has 0 saturated carbocycles. The summed E-state index contributed by atoms with van der Waals surface area (Å²) in [4.78, 5) is 3.46. The first-order valence-electron chi connectivity index (χ1n) is 10.0. The monoisotopic (exact) mass is 492 g/mol. The number of hydrogen-bond donors (Lipinski definition) is 1. The van der Waals surface area contributed by atoms with E-state index in [1.165, 1.54) is 12.1 Å². The van der Waals surface area contributed by atoms with Gasteiger partial charge in [-0.2, -0.15) is 8.42 Å². The largest absolute Gasteiger partial charge is 0.358 e. The molecule has 0 aliphatic heterocycles. The number of aromatic nitrogens is 4. The smallest absolute Gasteiger partial charge is 0.296 e. The Balaban J connectivity index is 1.36. The van der Waals surface area contributed by atoms with Crippen molar-refractivity contribution >= 4 is 44.2 Å². The fourth-order valence-corrected chi connectivity index (χ4v) is 5.09. The van der Waals surface area contributed by atoms with Crippen LogP contribution in [0.1, 0.15) is 22.5 Å². The van der Waals surface area contributed by atoms with Gasteiger partial charge in [0, 0.05) is 40.8 Å². The van der Waals surface area contributed by atoms with Gasteiger partial charge in [0.05, 0.1) is 22.2 Å². The molecule has 7 nitrogen and oxygen atoms in total. The van der Waals surface area contributed by atoms with Crippen LogP contribution in [0.15, 0.2) is 47.5 Å². The first-order chi connectivity index (χ1) is 15.2. The summed E-state index contributed by atoms with van der Waals surface area (Å²) in [7, 11) is -3.79. The topological polar surface area (TPSA) is 89.9 Å². The van der Waals surface area contributed by atoms with E-state index in [2.05, 4.69) is 15.3 Å². The number of halogens is 2. The standard InChI is InChI=1S/C22H22Cl2N4O3S/c1-14-3-5-18(6-4-14)32(29,30)31-10-8-17-13-28(27-26-17)9-7-19-15(2)25-21-12-16(23)11-20(24)22(19)21/h3-6,11-13,25H,7-10H2,1-2H3. The lowest BCUT2D eigenvalue weighted by atomic mass is 10.1. The summed E-state index contributed by atoms with van der Waals surface area (Å²) < 4.78 is 31.4. The van der Waals surface area contributed by atoms with Crippen LogP contribution in [0.2, 0.25) is 10.0 Å². The van der Waals surface area contributed by atoms with Gasteiger partial charge in [0.2, 0.25) is 0 Å². The maximum absolute atomic E-state index is 12.3. The van der Waals surface area contributed by atoms with Crippen molar-refractivity contribution in [1.82, 2.24) is 20.0 Å². The van der Waals surface area contributed by atoms with Crippen molar-refractivity contribution in [3.05, 3.63) is 75.2 Å². The van der Waals surface area contributed by atoms with Crippen LogP contribution in [0.25, 0.3) is 10.9 Å². The summed E-state index contributed by atoms with van der Waals surface area (Å²) in [6.45, 7) is 4.48. The average molecular weight is 493 g/mol. The molecule has 168 valence electrons. The molecule has 1 N–H and O–H groups in total. The molecule has 2 aromatic heterocycles. The van der Waals surface area contributed by atoms with E-state index in [1.807, 2.05) is 19.9 Å². The van der Waals surface area contributed by atoms with Gasteiger partial charge in [0.25, 0.3) is 10.1 Å². The molecule has 0 saturated heterocycles. The van der Waals surface area contributed by atoms with E-state index in [9.17, 15) is 8.42 Å². The molecule has 0 radical (unpaired) electrons. The number of rotatable bonds is 8. The van der Waals surface area contributed by atoms with Crippen molar-refractivity contribution in [3.8, 4) is 0 Å². The second-order valence-electron chi connectivity index (χ2n) is 7.60. The molecule has 0 aliphatic carbocycles. The minimum atomic E-state index is -3.79. The van der Waals surface area contributed by atoms with E-state index >= 15 is 0 Å². The number of H-pyrrole nitrogens is 1. The van der Waals surface area contributed by atoms with Gasteiger partial charge in [-0.15, -0.1) is 5.10 Å². The Bertz CT molecular complexity index is 1360. The lowest BCUT2D eigenvalue weighted by Gasteiger charge is -2.05. The number of aromatic amines is 1. The predicted octanol–water partition coefficient (Wildman–Crippen LogP) is 4.87. The SMILES string of the molecule is Cc1ccc(S(=O)(=O)OCCc2cn(CCc3c(C)[nH]c4cc(Cl)cc(Cl)c34)nn2)cc1. The van der Waals surface area contributed by atoms with Crippen LogP contribution in [0.4, 0.5) is 0 Å². The van der Waals surface area contributed by atoms with E-state index in [0.717, 1.165) is 27.7 Å². The predicted molar refractivity (Wildman–Crippen MR) is 125 cm³/mol. The zero-order valence-corrected chi connectivity index (χ0v) is 19.9. The van der Waals surface area contributed by atoms with Gasteiger partial charge in [-0.25, -0.2) is 0 Å². The third-order valence-electron chi connectivity index (χ3n) is 5.21. The van der Waals surface area contributed by atoms with Gasteiger partial charge in [-0.05, 0) is 50.1 Å². The van der Waals surface area contributed by atoms with Gasteiger partial charge >= 0.3 is 0 Å². The Morgan fingerprint density at radius 1 is 1.09 bits per heavy atom. The Labute approximate surface area is 196 Å². The van der Waals surface area contributed by atoms with Crippen LogP contribution >= 0.6 is 23.2 Å². The van der Waals surface area contributed by atoms with Crippen LogP contribution in [0, 0.1) is 13.8 Å². The lowest BCUT2D eigenvalue weighted by Crippen LogP contribution is -2.09. The van der Waals surface area contributed by atoms with E-state index in [0.29, 0.717) is 35.1 Å². The molecule has 10 heteroatoms. The van der Waals surface area contributed by atoms with Crippen LogP contribution in [0.3, 0.4) is 0 Å². The summed E-state index contributed by atoms with van der Waals surface area (Å²) >= 11 is 12.5. The number of benzene rings is 2. The highest BCUT2D eigenvalue weighted by molar-refractivity contribution is 7.86. The molecular formula is C22H22Cl2N4O3S. The van der Waals surface area contributed by atoms with Crippen LogP contribution in [-0.4, -0.2) is 35.0 Å². The third kappa shape index (κ3) is 4.99. The Kier molecular flexibility index (Phi) is 6.57. The first kappa shape index (κ1) is 22.8. The van der Waals surface area contributed by atoms with E-state index < -0.39 is 10.1 Å². The summed E-state index contributed by atoms with van der Waals surface area (Å²) in [5.41, 5.74) is 4.67. The van der Waals surface area contributed by atoms with Crippen molar-refractivity contribution in [2.75, 3.05) is 6.61 Å². The highest BCUT2D eigenvalue weighted by atomic mass is 35.5. The molecule has 0 fully saturated rings. The molecule has 0 amide bonds. The molecular weight excluding hydrogens is 471 g/mol. The zero-order chi connectivity index (χ0) is 22.9. The van der Waals surface area contributed by atoms with Gasteiger partial charge in [0.1, 0.15) is 0 Å². The van der Waals surface area contributed by atoms with Gasteiger partial charge < -0.3 is 4.98 Å².